The van der Waals surface area contributed by atoms with Gasteiger partial charge in [0.15, 0.2) is 0 Å². The molecule has 3 heteroatoms. The average Bonchev–Trinajstić information content (AvgIpc) is 2.75. The van der Waals surface area contributed by atoms with E-state index in [0.29, 0.717) is 5.75 Å². The first kappa shape index (κ1) is 33.6. The molecular formula is C28H47NOS. The third kappa shape index (κ3) is 21.0. The number of allylic oxidation sites excluding steroid dienone is 6. The summed E-state index contributed by atoms with van der Waals surface area (Å²) in [6.45, 7) is 26.9. The lowest BCUT2D eigenvalue weighted by Gasteiger charge is -2.09. The Kier molecular flexibility index (Phi) is 24.6. The molecule has 0 aliphatic heterocycles. The summed E-state index contributed by atoms with van der Waals surface area (Å²) in [5.74, 6) is 0.480. The van der Waals surface area contributed by atoms with Crippen molar-refractivity contribution in [1.29, 1.82) is 0 Å². The third-order valence-electron chi connectivity index (χ3n) is 4.13. The van der Waals surface area contributed by atoms with Crippen LogP contribution in [0, 0.1) is 6.92 Å². The van der Waals surface area contributed by atoms with Gasteiger partial charge in [-0.15, -0.1) is 0 Å². The maximum Gasteiger partial charge on any atom is 0.139 e. The Balaban J connectivity index is -0.000000463. The minimum atomic E-state index is 0.119. The second-order valence-corrected chi connectivity index (χ2v) is 7.51. The molecule has 0 spiro atoms. The first-order valence-corrected chi connectivity index (χ1v) is 11.8. The van der Waals surface area contributed by atoms with Gasteiger partial charge in [0.2, 0.25) is 0 Å². The Labute approximate surface area is 199 Å². The molecule has 0 amide bonds. The van der Waals surface area contributed by atoms with E-state index in [9.17, 15) is 4.79 Å². The molecule has 0 heterocycles. The molecule has 0 saturated carbocycles. The van der Waals surface area contributed by atoms with Crippen LogP contribution in [0.3, 0.4) is 0 Å². The van der Waals surface area contributed by atoms with Crippen LogP contribution in [0.25, 0.3) is 5.57 Å². The smallest absolute Gasteiger partial charge is 0.139 e. The normalized spacial score (nSPS) is 9.42. The van der Waals surface area contributed by atoms with E-state index in [0.717, 1.165) is 12.1 Å². The lowest BCUT2D eigenvalue weighted by atomic mass is 10.0. The standard InChI is InChI=1S/C16H23N.C7H12.C3H6OS.C2H6/c1-5-6-11-17-15(4)12-14(3)16-10-8-7-9-13(16)2;1-5-7(4)6(2)3;1-3(4)2-5;1-2/h7-10,12,17H,3,5-6,11H2,1-2,4H3;5H,1H2,2-4H3;5H,2H2,1H3;1-2H3/b15-12+;;;. The van der Waals surface area contributed by atoms with Gasteiger partial charge in [0.05, 0.1) is 0 Å². The highest BCUT2D eigenvalue weighted by Gasteiger charge is 1.99. The molecule has 0 aliphatic carbocycles. The van der Waals surface area contributed by atoms with Gasteiger partial charge in [-0.1, -0.05) is 81.8 Å². The van der Waals surface area contributed by atoms with E-state index in [1.165, 1.54) is 47.7 Å². The van der Waals surface area contributed by atoms with Gasteiger partial charge < -0.3 is 5.32 Å². The van der Waals surface area contributed by atoms with Crippen molar-refractivity contribution in [3.63, 3.8) is 0 Å². The largest absolute Gasteiger partial charge is 0.389 e. The summed E-state index contributed by atoms with van der Waals surface area (Å²) >= 11 is 3.67. The van der Waals surface area contributed by atoms with Crippen molar-refractivity contribution in [3.05, 3.63) is 77.5 Å². The maximum atomic E-state index is 9.74. The van der Waals surface area contributed by atoms with Crippen LogP contribution >= 0.6 is 12.6 Å². The monoisotopic (exact) mass is 445 g/mol. The van der Waals surface area contributed by atoms with E-state index in [1.54, 1.807) is 0 Å². The molecule has 1 rings (SSSR count). The first-order chi connectivity index (χ1) is 14.6. The summed E-state index contributed by atoms with van der Waals surface area (Å²) in [5, 5.41) is 3.40. The number of rotatable bonds is 8. The van der Waals surface area contributed by atoms with Crippen molar-refractivity contribution >= 4 is 24.0 Å². The van der Waals surface area contributed by atoms with E-state index < -0.39 is 0 Å². The molecule has 0 atom stereocenters. The molecule has 0 radical (unpaired) electrons. The number of aryl methyl sites for hydroxylation is 1. The second-order valence-electron chi connectivity index (χ2n) is 7.20. The van der Waals surface area contributed by atoms with E-state index in [4.69, 9.17) is 0 Å². The first-order valence-electron chi connectivity index (χ1n) is 11.1. The summed E-state index contributed by atoms with van der Waals surface area (Å²) < 4.78 is 0. The molecular weight excluding hydrogens is 398 g/mol. The summed E-state index contributed by atoms with van der Waals surface area (Å²) in [7, 11) is 0. The number of hydrogen-bond acceptors (Lipinski definition) is 3. The van der Waals surface area contributed by atoms with E-state index >= 15 is 0 Å². The number of hydrogen-bond donors (Lipinski definition) is 2. The molecule has 1 aromatic rings. The molecule has 1 N–H and O–H groups in total. The van der Waals surface area contributed by atoms with E-state index in [1.807, 2.05) is 19.9 Å². The lowest BCUT2D eigenvalue weighted by molar-refractivity contribution is -0.114. The highest BCUT2D eigenvalue weighted by Crippen LogP contribution is 2.18. The highest BCUT2D eigenvalue weighted by atomic mass is 32.1. The fourth-order valence-corrected chi connectivity index (χ4v) is 1.99. The fourth-order valence-electron chi connectivity index (χ4n) is 1.99. The van der Waals surface area contributed by atoms with Crippen LogP contribution in [0.4, 0.5) is 0 Å². The zero-order valence-electron chi connectivity index (χ0n) is 21.6. The van der Waals surface area contributed by atoms with Crippen LogP contribution in [0.5, 0.6) is 0 Å². The average molecular weight is 446 g/mol. The zero-order valence-corrected chi connectivity index (χ0v) is 22.5. The minimum absolute atomic E-state index is 0.119. The number of thiol groups is 1. The molecule has 2 nitrogen and oxygen atoms in total. The van der Waals surface area contributed by atoms with Crippen molar-refractivity contribution in [2.24, 2.45) is 0 Å². The Hall–Kier alpha value is -2.00. The van der Waals surface area contributed by atoms with E-state index in [-0.39, 0.29) is 5.78 Å². The van der Waals surface area contributed by atoms with Crippen LogP contribution in [0.2, 0.25) is 0 Å². The fraction of sp³-hybridized carbons (Fsp3) is 0.464. The predicted molar refractivity (Wildman–Crippen MR) is 147 cm³/mol. The zero-order chi connectivity index (χ0) is 24.8. The molecule has 0 saturated heterocycles. The summed E-state index contributed by atoms with van der Waals surface area (Å²) in [5.41, 5.74) is 7.38. The summed E-state index contributed by atoms with van der Waals surface area (Å²) in [4.78, 5) is 9.74. The Morgan fingerprint density at radius 2 is 1.61 bits per heavy atom. The number of carbonyl (C=O) groups is 1. The topological polar surface area (TPSA) is 29.1 Å². The van der Waals surface area contributed by atoms with Crippen molar-refractivity contribution in [1.82, 2.24) is 5.32 Å². The van der Waals surface area contributed by atoms with Gasteiger partial charge in [-0.25, -0.2) is 0 Å². The predicted octanol–water partition coefficient (Wildman–Crippen LogP) is 8.36. The number of Topliss-reactive ketones (excluding diaryl/α,β-unsaturated/α-hetero) is 1. The third-order valence-corrected chi connectivity index (χ3v) is 4.58. The van der Waals surface area contributed by atoms with Gasteiger partial charge in [0.25, 0.3) is 0 Å². The van der Waals surface area contributed by atoms with Crippen molar-refractivity contribution in [3.8, 4) is 0 Å². The Morgan fingerprint density at radius 1 is 1.10 bits per heavy atom. The Bertz CT molecular complexity index is 695. The molecule has 0 fully saturated rings. The number of ketones is 1. The molecule has 0 aliphatic rings. The van der Waals surface area contributed by atoms with E-state index in [2.05, 4.69) is 103 Å². The number of carbonyl (C=O) groups excluding carboxylic acids is 1. The van der Waals surface area contributed by atoms with Crippen molar-refractivity contribution in [2.75, 3.05) is 12.3 Å². The van der Waals surface area contributed by atoms with Crippen LogP contribution in [0.15, 0.2) is 66.4 Å². The molecule has 176 valence electrons. The number of benzene rings is 1. The maximum absolute atomic E-state index is 9.74. The van der Waals surface area contributed by atoms with Gasteiger partial charge in [0, 0.05) is 18.0 Å². The van der Waals surface area contributed by atoms with Crippen LogP contribution in [0.1, 0.15) is 79.4 Å². The van der Waals surface area contributed by atoms with Gasteiger partial charge in [-0.3, -0.25) is 4.79 Å². The highest BCUT2D eigenvalue weighted by molar-refractivity contribution is 7.81. The van der Waals surface area contributed by atoms with Gasteiger partial charge in [-0.2, -0.15) is 12.6 Å². The van der Waals surface area contributed by atoms with Gasteiger partial charge >= 0.3 is 0 Å². The summed E-state index contributed by atoms with van der Waals surface area (Å²) in [6, 6.07) is 8.35. The number of nitrogens with one attached hydrogen (secondary N) is 1. The Morgan fingerprint density at radius 3 is 1.97 bits per heavy atom. The van der Waals surface area contributed by atoms with Crippen molar-refractivity contribution in [2.45, 2.75) is 75.2 Å². The second kappa shape index (κ2) is 22.7. The van der Waals surface area contributed by atoms with Gasteiger partial charge in [0.1, 0.15) is 5.78 Å². The lowest BCUT2D eigenvalue weighted by Crippen LogP contribution is -2.12. The van der Waals surface area contributed by atoms with Crippen LogP contribution in [-0.4, -0.2) is 18.1 Å². The molecule has 0 unspecified atom stereocenters. The molecule has 0 aromatic heterocycles. The minimum Gasteiger partial charge on any atom is -0.389 e. The molecule has 0 bridgehead atoms. The molecule has 31 heavy (non-hydrogen) atoms. The van der Waals surface area contributed by atoms with Crippen LogP contribution < -0.4 is 5.32 Å². The quantitative estimate of drug-likeness (QED) is 0.239. The molecule has 1 aromatic carbocycles. The summed E-state index contributed by atoms with van der Waals surface area (Å²) in [6.07, 6.45) is 6.42. The van der Waals surface area contributed by atoms with Crippen molar-refractivity contribution < 1.29 is 4.79 Å². The number of unbranched alkanes of at least 4 members (excludes halogenated alkanes) is 1. The van der Waals surface area contributed by atoms with Crippen LogP contribution in [-0.2, 0) is 4.79 Å². The SMILES string of the molecule is C=C(/C=C(\C)NCCCC)c1ccccc1C.C=CC(C)=C(C)C.CC.CC(=O)CS. The van der Waals surface area contributed by atoms with Gasteiger partial charge in [-0.05, 0) is 70.7 Å².